The summed E-state index contributed by atoms with van der Waals surface area (Å²) in [6.45, 7) is 9.67. The zero-order chi connectivity index (χ0) is 23.3. The molecule has 0 bridgehead atoms. The number of hydrogen-bond donors (Lipinski definition) is 2. The molecule has 4 aromatic rings. The predicted octanol–water partition coefficient (Wildman–Crippen LogP) is 4.38. The Morgan fingerprint density at radius 3 is 2.50 bits per heavy atom. The summed E-state index contributed by atoms with van der Waals surface area (Å²) in [5.41, 5.74) is 5.51. The van der Waals surface area contributed by atoms with Gasteiger partial charge in [0.2, 0.25) is 0 Å². The summed E-state index contributed by atoms with van der Waals surface area (Å²) in [5.74, 6) is 1.67. The SMILES string of the molecule is CCN1CCN(Cc2ccc(-c3cc4c(NCc5cccc(OC)c5)ncnc4[nH]3)cc2)CC1. The van der Waals surface area contributed by atoms with Crippen LogP contribution in [0, 0.1) is 0 Å². The molecule has 0 amide bonds. The van der Waals surface area contributed by atoms with Crippen LogP contribution in [0.25, 0.3) is 22.3 Å². The standard InChI is InChI=1S/C27H32N6O/c1-3-32-11-13-33(14-12-32)18-20-7-9-22(10-8-20)25-16-24-26(29-19-30-27(24)31-25)28-17-21-5-4-6-23(15-21)34-2/h4-10,15-16,19H,3,11-14,17-18H2,1-2H3,(H2,28,29,30,31). The first-order chi connectivity index (χ1) is 16.7. The molecule has 1 fully saturated rings. The highest BCUT2D eigenvalue weighted by Gasteiger charge is 2.15. The Morgan fingerprint density at radius 1 is 0.941 bits per heavy atom. The maximum absolute atomic E-state index is 5.33. The third kappa shape index (κ3) is 5.05. The van der Waals surface area contributed by atoms with Crippen LogP contribution < -0.4 is 10.1 Å². The summed E-state index contributed by atoms with van der Waals surface area (Å²) in [4.78, 5) is 17.4. The van der Waals surface area contributed by atoms with E-state index >= 15 is 0 Å². The number of rotatable bonds is 8. The predicted molar refractivity (Wildman–Crippen MR) is 137 cm³/mol. The highest BCUT2D eigenvalue weighted by molar-refractivity contribution is 5.91. The monoisotopic (exact) mass is 456 g/mol. The lowest BCUT2D eigenvalue weighted by molar-refractivity contribution is 0.132. The van der Waals surface area contributed by atoms with Gasteiger partial charge in [0.25, 0.3) is 0 Å². The first-order valence-electron chi connectivity index (χ1n) is 12.0. The van der Waals surface area contributed by atoms with Gasteiger partial charge in [-0.05, 0) is 41.4 Å². The van der Waals surface area contributed by atoms with Crippen LogP contribution in [0.15, 0.2) is 60.9 Å². The lowest BCUT2D eigenvalue weighted by Crippen LogP contribution is -2.45. The molecule has 0 unspecified atom stereocenters. The molecule has 1 aliphatic heterocycles. The molecule has 2 aromatic heterocycles. The van der Waals surface area contributed by atoms with Gasteiger partial charge in [-0.3, -0.25) is 4.90 Å². The minimum absolute atomic E-state index is 0.658. The number of nitrogens with zero attached hydrogens (tertiary/aromatic N) is 4. The van der Waals surface area contributed by atoms with E-state index in [0.717, 1.165) is 65.6 Å². The number of H-pyrrole nitrogens is 1. The highest BCUT2D eigenvalue weighted by Crippen LogP contribution is 2.27. The summed E-state index contributed by atoms with van der Waals surface area (Å²) >= 11 is 0. The average Bonchev–Trinajstić information content (AvgIpc) is 3.33. The maximum Gasteiger partial charge on any atom is 0.143 e. The van der Waals surface area contributed by atoms with Crippen molar-refractivity contribution in [2.45, 2.75) is 20.0 Å². The fourth-order valence-corrected chi connectivity index (χ4v) is 4.52. The number of anilines is 1. The van der Waals surface area contributed by atoms with Gasteiger partial charge in [-0.2, -0.15) is 0 Å². The molecule has 1 aliphatic rings. The molecule has 3 heterocycles. The van der Waals surface area contributed by atoms with Gasteiger partial charge in [0, 0.05) is 45.0 Å². The Kier molecular flexibility index (Phi) is 6.74. The van der Waals surface area contributed by atoms with E-state index in [-0.39, 0.29) is 0 Å². The molecule has 0 aliphatic carbocycles. The van der Waals surface area contributed by atoms with Crippen LogP contribution in [0.5, 0.6) is 5.75 Å². The average molecular weight is 457 g/mol. The van der Waals surface area contributed by atoms with E-state index in [9.17, 15) is 0 Å². The quantitative estimate of drug-likeness (QED) is 0.410. The zero-order valence-electron chi connectivity index (χ0n) is 19.9. The van der Waals surface area contributed by atoms with Gasteiger partial charge in [0.1, 0.15) is 23.5 Å². The van der Waals surface area contributed by atoms with Crippen molar-refractivity contribution in [3.63, 3.8) is 0 Å². The molecule has 7 heteroatoms. The van der Waals surface area contributed by atoms with Gasteiger partial charge in [-0.25, -0.2) is 9.97 Å². The molecule has 34 heavy (non-hydrogen) atoms. The van der Waals surface area contributed by atoms with Crippen molar-refractivity contribution in [3.05, 3.63) is 72.1 Å². The second-order valence-electron chi connectivity index (χ2n) is 8.78. The van der Waals surface area contributed by atoms with Crippen LogP contribution >= 0.6 is 0 Å². The van der Waals surface area contributed by atoms with Crippen molar-refractivity contribution in [1.29, 1.82) is 0 Å². The second-order valence-corrected chi connectivity index (χ2v) is 8.78. The molecule has 0 atom stereocenters. The Bertz CT molecular complexity index is 1230. The van der Waals surface area contributed by atoms with Gasteiger partial charge in [0.15, 0.2) is 0 Å². The third-order valence-corrected chi connectivity index (χ3v) is 6.60. The summed E-state index contributed by atoms with van der Waals surface area (Å²) in [6, 6.07) is 19.0. The van der Waals surface area contributed by atoms with E-state index in [1.54, 1.807) is 13.4 Å². The number of aromatic nitrogens is 3. The largest absolute Gasteiger partial charge is 0.497 e. The molecule has 5 rings (SSSR count). The number of methoxy groups -OCH3 is 1. The molecule has 2 aromatic carbocycles. The Hall–Kier alpha value is -3.42. The summed E-state index contributed by atoms with van der Waals surface area (Å²) in [7, 11) is 1.68. The highest BCUT2D eigenvalue weighted by atomic mass is 16.5. The van der Waals surface area contributed by atoms with Crippen molar-refractivity contribution in [2.75, 3.05) is 45.2 Å². The molecule has 1 saturated heterocycles. The van der Waals surface area contributed by atoms with Crippen LogP contribution in [0.1, 0.15) is 18.1 Å². The molecule has 0 spiro atoms. The van der Waals surface area contributed by atoms with E-state index in [1.807, 2.05) is 18.2 Å². The molecule has 0 saturated carbocycles. The van der Waals surface area contributed by atoms with Crippen LogP contribution in [0.2, 0.25) is 0 Å². The summed E-state index contributed by atoms with van der Waals surface area (Å²) in [5, 5.41) is 4.43. The Morgan fingerprint density at radius 2 is 1.74 bits per heavy atom. The number of benzene rings is 2. The number of ether oxygens (including phenoxy) is 1. The van der Waals surface area contributed by atoms with E-state index < -0.39 is 0 Å². The minimum Gasteiger partial charge on any atom is -0.497 e. The number of piperazine rings is 1. The van der Waals surface area contributed by atoms with Gasteiger partial charge in [-0.1, -0.05) is 43.3 Å². The van der Waals surface area contributed by atoms with Crippen LogP contribution in [-0.4, -0.2) is 64.6 Å². The van der Waals surface area contributed by atoms with Crippen molar-refractivity contribution >= 4 is 16.9 Å². The van der Waals surface area contributed by atoms with E-state index in [0.29, 0.717) is 6.54 Å². The molecular formula is C27H32N6O. The lowest BCUT2D eigenvalue weighted by atomic mass is 10.1. The summed E-state index contributed by atoms with van der Waals surface area (Å²) < 4.78 is 5.33. The Balaban J connectivity index is 1.28. The van der Waals surface area contributed by atoms with Crippen molar-refractivity contribution in [3.8, 4) is 17.0 Å². The molecule has 176 valence electrons. The second kappa shape index (κ2) is 10.2. The number of fused-ring (bicyclic) bond motifs is 1. The number of likely N-dealkylation sites (N-methyl/N-ethyl adjacent to an activating group) is 1. The van der Waals surface area contributed by atoms with Gasteiger partial charge in [-0.15, -0.1) is 0 Å². The fourth-order valence-electron chi connectivity index (χ4n) is 4.52. The molecule has 2 N–H and O–H groups in total. The smallest absolute Gasteiger partial charge is 0.143 e. The lowest BCUT2D eigenvalue weighted by Gasteiger charge is -2.34. The first kappa shape index (κ1) is 22.4. The van der Waals surface area contributed by atoms with E-state index in [4.69, 9.17) is 4.74 Å². The van der Waals surface area contributed by atoms with E-state index in [1.165, 1.54) is 18.7 Å². The minimum atomic E-state index is 0.658. The van der Waals surface area contributed by atoms with Gasteiger partial charge >= 0.3 is 0 Å². The normalized spacial score (nSPS) is 15.0. The fraction of sp³-hybridized carbons (Fsp3) is 0.333. The third-order valence-electron chi connectivity index (χ3n) is 6.60. The number of aromatic amines is 1. The first-order valence-corrected chi connectivity index (χ1v) is 12.0. The zero-order valence-corrected chi connectivity index (χ0v) is 19.9. The van der Waals surface area contributed by atoms with Crippen molar-refractivity contribution in [1.82, 2.24) is 24.8 Å². The van der Waals surface area contributed by atoms with Gasteiger partial charge in [0.05, 0.1) is 12.5 Å². The molecular weight excluding hydrogens is 424 g/mol. The maximum atomic E-state index is 5.33. The molecule has 7 nitrogen and oxygen atoms in total. The number of nitrogens with one attached hydrogen (secondary N) is 2. The topological polar surface area (TPSA) is 69.3 Å². The Labute approximate surface area is 200 Å². The molecule has 0 radical (unpaired) electrons. The van der Waals surface area contributed by atoms with Gasteiger partial charge < -0.3 is 19.9 Å². The van der Waals surface area contributed by atoms with Crippen molar-refractivity contribution in [2.24, 2.45) is 0 Å². The van der Waals surface area contributed by atoms with Crippen LogP contribution in [-0.2, 0) is 13.1 Å². The van der Waals surface area contributed by atoms with Crippen LogP contribution in [0.4, 0.5) is 5.82 Å². The van der Waals surface area contributed by atoms with Crippen LogP contribution in [0.3, 0.4) is 0 Å². The summed E-state index contributed by atoms with van der Waals surface area (Å²) in [6.07, 6.45) is 1.60. The van der Waals surface area contributed by atoms with E-state index in [2.05, 4.69) is 73.4 Å². The number of hydrogen-bond acceptors (Lipinski definition) is 6. The van der Waals surface area contributed by atoms with Crippen molar-refractivity contribution < 1.29 is 4.74 Å².